The first-order valence-corrected chi connectivity index (χ1v) is 10.9. The van der Waals surface area contributed by atoms with E-state index in [9.17, 15) is 13.2 Å². The van der Waals surface area contributed by atoms with Gasteiger partial charge in [-0.15, -0.1) is 0 Å². The summed E-state index contributed by atoms with van der Waals surface area (Å²) in [6, 6.07) is 15.1. The fourth-order valence-electron chi connectivity index (χ4n) is 4.32. The van der Waals surface area contributed by atoms with E-state index in [0.717, 1.165) is 24.2 Å². The first-order chi connectivity index (χ1) is 15.0. The number of halogens is 3. The van der Waals surface area contributed by atoms with E-state index in [0.29, 0.717) is 11.5 Å². The van der Waals surface area contributed by atoms with Crippen LogP contribution in [-0.2, 0) is 4.74 Å². The molecule has 1 heterocycles. The van der Waals surface area contributed by atoms with Crippen molar-refractivity contribution in [2.75, 3.05) is 6.61 Å². The van der Waals surface area contributed by atoms with Crippen molar-refractivity contribution in [2.24, 2.45) is 5.92 Å². The highest BCUT2D eigenvalue weighted by Crippen LogP contribution is 2.34. The lowest BCUT2D eigenvalue weighted by molar-refractivity contribution is -0.0194. The maximum Gasteiger partial charge on any atom is 0.131 e. The fraction of sp³-hybridized carbons (Fsp3) is 0.333. The third-order valence-corrected chi connectivity index (χ3v) is 6.24. The quantitative estimate of drug-likeness (QED) is 0.403. The summed E-state index contributed by atoms with van der Waals surface area (Å²) in [7, 11) is 0. The highest BCUT2D eigenvalue weighted by molar-refractivity contribution is 5.71. The highest BCUT2D eigenvalue weighted by Gasteiger charge is 2.22. The summed E-state index contributed by atoms with van der Waals surface area (Å²) < 4.78 is 48.6. The number of hydrogen-bond donors (Lipinski definition) is 0. The van der Waals surface area contributed by atoms with Crippen LogP contribution in [0.25, 0.3) is 22.3 Å². The Morgan fingerprint density at radius 1 is 0.806 bits per heavy atom. The van der Waals surface area contributed by atoms with Crippen molar-refractivity contribution in [3.63, 3.8) is 0 Å². The molecule has 0 radical (unpaired) electrons. The van der Waals surface area contributed by atoms with Crippen molar-refractivity contribution < 1.29 is 17.9 Å². The molecule has 0 aliphatic carbocycles. The van der Waals surface area contributed by atoms with Gasteiger partial charge in [-0.3, -0.25) is 0 Å². The molecule has 1 aliphatic heterocycles. The Kier molecular flexibility index (Phi) is 6.47. The van der Waals surface area contributed by atoms with Crippen LogP contribution in [0.15, 0.2) is 54.6 Å². The molecule has 0 spiro atoms. The van der Waals surface area contributed by atoms with Gasteiger partial charge in [0, 0.05) is 11.1 Å². The normalized spacial score (nSPS) is 18.9. The first-order valence-electron chi connectivity index (χ1n) is 10.9. The third-order valence-electron chi connectivity index (χ3n) is 6.24. The van der Waals surface area contributed by atoms with Crippen molar-refractivity contribution in [1.29, 1.82) is 0 Å². The molecule has 0 N–H and O–H groups in total. The van der Waals surface area contributed by atoms with Crippen LogP contribution in [0.1, 0.15) is 49.8 Å². The molecule has 0 aromatic heterocycles. The highest BCUT2D eigenvalue weighted by atomic mass is 19.1. The minimum Gasteiger partial charge on any atom is -0.373 e. The molecule has 3 aromatic carbocycles. The number of rotatable bonds is 5. The third kappa shape index (κ3) is 4.69. The van der Waals surface area contributed by atoms with Crippen LogP contribution in [-0.4, -0.2) is 6.61 Å². The second-order valence-corrected chi connectivity index (χ2v) is 8.44. The Bertz CT molecular complexity index is 1030. The fourth-order valence-corrected chi connectivity index (χ4v) is 4.32. The molecule has 1 aliphatic rings. The van der Waals surface area contributed by atoms with Gasteiger partial charge in [-0.1, -0.05) is 49.7 Å². The SMILES string of the molecule is CCCC1CCC(c2ccc(-c3ccc(-c4cc(F)c(C)c(F)c4)c(F)c3)cc2)OC1. The minimum atomic E-state index is -0.681. The van der Waals surface area contributed by atoms with Crippen LogP contribution in [0.2, 0.25) is 0 Å². The van der Waals surface area contributed by atoms with Gasteiger partial charge in [0.1, 0.15) is 17.5 Å². The van der Waals surface area contributed by atoms with Crippen LogP contribution in [0.3, 0.4) is 0 Å². The molecule has 1 nitrogen and oxygen atoms in total. The molecular weight excluding hydrogens is 397 g/mol. The Labute approximate surface area is 181 Å². The second kappa shape index (κ2) is 9.27. The van der Waals surface area contributed by atoms with E-state index in [1.807, 2.05) is 24.3 Å². The summed E-state index contributed by atoms with van der Waals surface area (Å²) in [6.07, 6.45) is 4.74. The molecule has 162 valence electrons. The van der Waals surface area contributed by atoms with Gasteiger partial charge >= 0.3 is 0 Å². The Balaban J connectivity index is 1.51. The molecule has 3 aromatic rings. The minimum absolute atomic E-state index is 0.0660. The zero-order valence-corrected chi connectivity index (χ0v) is 17.9. The van der Waals surface area contributed by atoms with Crippen LogP contribution >= 0.6 is 0 Å². The lowest BCUT2D eigenvalue weighted by Crippen LogP contribution is -2.20. The summed E-state index contributed by atoms with van der Waals surface area (Å²) in [5, 5.41) is 0. The smallest absolute Gasteiger partial charge is 0.131 e. The van der Waals surface area contributed by atoms with Crippen molar-refractivity contribution in [2.45, 2.75) is 45.6 Å². The summed E-state index contributed by atoms with van der Waals surface area (Å²) in [5.74, 6) is -1.21. The predicted octanol–water partition coefficient (Wildman–Crippen LogP) is 8.01. The maximum atomic E-state index is 14.8. The van der Waals surface area contributed by atoms with Crippen molar-refractivity contribution in [1.82, 2.24) is 0 Å². The molecule has 1 saturated heterocycles. The van der Waals surface area contributed by atoms with Gasteiger partial charge in [-0.2, -0.15) is 0 Å². The van der Waals surface area contributed by atoms with Crippen LogP contribution in [0, 0.1) is 30.3 Å². The van der Waals surface area contributed by atoms with Crippen LogP contribution in [0.5, 0.6) is 0 Å². The Morgan fingerprint density at radius 2 is 1.45 bits per heavy atom. The first kappa shape index (κ1) is 21.6. The van der Waals surface area contributed by atoms with E-state index in [1.165, 1.54) is 44.4 Å². The van der Waals surface area contributed by atoms with Gasteiger partial charge in [-0.25, -0.2) is 13.2 Å². The Hall–Kier alpha value is -2.59. The lowest BCUT2D eigenvalue weighted by atomic mass is 9.91. The van der Waals surface area contributed by atoms with Gasteiger partial charge in [0.05, 0.1) is 12.7 Å². The van der Waals surface area contributed by atoms with Gasteiger partial charge in [0.15, 0.2) is 0 Å². The largest absolute Gasteiger partial charge is 0.373 e. The van der Waals surface area contributed by atoms with E-state index >= 15 is 0 Å². The average molecular weight is 425 g/mol. The lowest BCUT2D eigenvalue weighted by Gasteiger charge is -2.29. The second-order valence-electron chi connectivity index (χ2n) is 8.44. The van der Waals surface area contributed by atoms with Gasteiger partial charge in [-0.05, 0) is 72.6 Å². The van der Waals surface area contributed by atoms with Gasteiger partial charge in [0.25, 0.3) is 0 Å². The molecule has 31 heavy (non-hydrogen) atoms. The number of hydrogen-bond acceptors (Lipinski definition) is 1. The monoisotopic (exact) mass is 424 g/mol. The zero-order valence-electron chi connectivity index (χ0n) is 17.9. The van der Waals surface area contributed by atoms with Crippen molar-refractivity contribution >= 4 is 0 Å². The van der Waals surface area contributed by atoms with Crippen LogP contribution in [0.4, 0.5) is 13.2 Å². The molecule has 4 rings (SSSR count). The molecule has 0 saturated carbocycles. The van der Waals surface area contributed by atoms with E-state index in [1.54, 1.807) is 12.1 Å². The Morgan fingerprint density at radius 3 is 2.03 bits per heavy atom. The summed E-state index contributed by atoms with van der Waals surface area (Å²) in [5.41, 5.74) is 3.04. The molecule has 1 fully saturated rings. The average Bonchev–Trinajstić information content (AvgIpc) is 2.78. The summed E-state index contributed by atoms with van der Waals surface area (Å²) in [4.78, 5) is 0. The van der Waals surface area contributed by atoms with E-state index in [-0.39, 0.29) is 22.8 Å². The number of ether oxygens (including phenoxy) is 1. The molecular formula is C27H27F3O. The summed E-state index contributed by atoms with van der Waals surface area (Å²) in [6.45, 7) is 4.38. The maximum absolute atomic E-state index is 14.8. The zero-order chi connectivity index (χ0) is 22.0. The summed E-state index contributed by atoms with van der Waals surface area (Å²) >= 11 is 0. The molecule has 0 bridgehead atoms. The molecule has 4 heteroatoms. The van der Waals surface area contributed by atoms with E-state index < -0.39 is 17.5 Å². The molecule has 0 amide bonds. The van der Waals surface area contributed by atoms with E-state index in [2.05, 4.69) is 6.92 Å². The predicted molar refractivity (Wildman–Crippen MR) is 118 cm³/mol. The van der Waals surface area contributed by atoms with Crippen molar-refractivity contribution in [3.8, 4) is 22.3 Å². The van der Waals surface area contributed by atoms with Crippen molar-refractivity contribution in [3.05, 3.63) is 83.2 Å². The van der Waals surface area contributed by atoms with E-state index in [4.69, 9.17) is 4.74 Å². The van der Waals surface area contributed by atoms with Gasteiger partial charge in [0.2, 0.25) is 0 Å². The number of benzene rings is 3. The van der Waals surface area contributed by atoms with Gasteiger partial charge < -0.3 is 4.74 Å². The topological polar surface area (TPSA) is 9.23 Å². The van der Waals surface area contributed by atoms with Crippen LogP contribution < -0.4 is 0 Å². The molecule has 2 unspecified atom stereocenters. The standard InChI is InChI=1S/C27H27F3O/c1-3-4-18-5-12-27(31-16-18)20-8-6-19(7-9-20)21-10-11-23(26(30)13-21)22-14-24(28)17(2)25(29)15-22/h6-11,13-15,18,27H,3-5,12,16H2,1-2H3. The molecule has 2 atom stereocenters.